The zero-order valence-electron chi connectivity index (χ0n) is 8.99. The Labute approximate surface area is 95.4 Å². The Morgan fingerprint density at radius 2 is 2.06 bits per heavy atom. The van der Waals surface area contributed by atoms with Gasteiger partial charge in [-0.15, -0.1) is 0 Å². The standard InChI is InChI=1S/C10H11F3N2O2/c1-6-2-3-8(15(16)17)4-7(6)5-9(14)10(11,12)13/h2-4,9H,5,14H2,1H3. The van der Waals surface area contributed by atoms with Gasteiger partial charge in [-0.05, 0) is 24.5 Å². The van der Waals surface area contributed by atoms with Gasteiger partial charge in [0.2, 0.25) is 0 Å². The van der Waals surface area contributed by atoms with Gasteiger partial charge in [-0.25, -0.2) is 0 Å². The largest absolute Gasteiger partial charge is 0.403 e. The zero-order valence-corrected chi connectivity index (χ0v) is 8.99. The lowest BCUT2D eigenvalue weighted by atomic mass is 10.0. The van der Waals surface area contributed by atoms with Crippen molar-refractivity contribution in [2.45, 2.75) is 25.6 Å². The molecule has 0 aromatic heterocycles. The van der Waals surface area contributed by atoms with Crippen molar-refractivity contribution in [2.75, 3.05) is 0 Å². The molecule has 1 aromatic rings. The van der Waals surface area contributed by atoms with Crippen molar-refractivity contribution >= 4 is 5.69 Å². The minimum atomic E-state index is -4.50. The van der Waals surface area contributed by atoms with Crippen LogP contribution in [0.25, 0.3) is 0 Å². The molecular formula is C10H11F3N2O2. The van der Waals surface area contributed by atoms with Gasteiger partial charge in [0, 0.05) is 12.1 Å². The second kappa shape index (κ2) is 4.70. The number of hydrogen-bond donors (Lipinski definition) is 1. The topological polar surface area (TPSA) is 69.2 Å². The maximum atomic E-state index is 12.3. The predicted octanol–water partition coefficient (Wildman–Crippen LogP) is 2.34. The van der Waals surface area contributed by atoms with Gasteiger partial charge in [-0.1, -0.05) is 6.07 Å². The molecule has 94 valence electrons. The van der Waals surface area contributed by atoms with Gasteiger partial charge < -0.3 is 5.73 Å². The summed E-state index contributed by atoms with van der Waals surface area (Å²) in [6, 6.07) is 1.78. The molecule has 4 nitrogen and oxygen atoms in total. The lowest BCUT2D eigenvalue weighted by molar-refractivity contribution is -0.384. The molecule has 17 heavy (non-hydrogen) atoms. The molecule has 0 aliphatic carbocycles. The zero-order chi connectivity index (χ0) is 13.2. The summed E-state index contributed by atoms with van der Waals surface area (Å²) in [6.07, 6.45) is -4.96. The van der Waals surface area contributed by atoms with Crippen LogP contribution in [0.2, 0.25) is 0 Å². The molecule has 1 unspecified atom stereocenters. The van der Waals surface area contributed by atoms with E-state index in [9.17, 15) is 23.3 Å². The molecule has 0 fully saturated rings. The minimum absolute atomic E-state index is 0.236. The summed E-state index contributed by atoms with van der Waals surface area (Å²) in [6.45, 7) is 1.59. The number of rotatable bonds is 3. The number of nitro benzene ring substituents is 1. The van der Waals surface area contributed by atoms with Crippen molar-refractivity contribution in [3.05, 3.63) is 39.4 Å². The molecule has 0 saturated heterocycles. The second-order valence-corrected chi connectivity index (χ2v) is 3.72. The van der Waals surface area contributed by atoms with E-state index in [1.165, 1.54) is 12.1 Å². The molecule has 0 aliphatic heterocycles. The third-order valence-electron chi connectivity index (χ3n) is 2.40. The second-order valence-electron chi connectivity index (χ2n) is 3.72. The molecule has 1 atom stereocenters. The van der Waals surface area contributed by atoms with Gasteiger partial charge in [0.05, 0.1) is 4.92 Å². The number of nitro groups is 1. The van der Waals surface area contributed by atoms with Crippen LogP contribution in [0.4, 0.5) is 18.9 Å². The number of halogens is 3. The first-order valence-electron chi connectivity index (χ1n) is 4.78. The molecule has 1 aromatic carbocycles. The Bertz CT molecular complexity index is 432. The van der Waals surface area contributed by atoms with E-state index in [4.69, 9.17) is 5.73 Å². The molecule has 0 radical (unpaired) electrons. The normalized spacial score (nSPS) is 13.5. The number of benzene rings is 1. The summed E-state index contributed by atoms with van der Waals surface area (Å²) in [7, 11) is 0. The van der Waals surface area contributed by atoms with Crippen LogP contribution in [-0.2, 0) is 6.42 Å². The highest BCUT2D eigenvalue weighted by Crippen LogP contribution is 2.24. The van der Waals surface area contributed by atoms with Crippen molar-refractivity contribution in [1.29, 1.82) is 0 Å². The molecule has 0 heterocycles. The molecule has 1 rings (SSSR count). The number of nitrogens with zero attached hydrogens (tertiary/aromatic N) is 1. The predicted molar refractivity (Wildman–Crippen MR) is 55.6 cm³/mol. The van der Waals surface area contributed by atoms with Gasteiger partial charge in [0.15, 0.2) is 0 Å². The molecule has 0 amide bonds. The number of nitrogens with two attached hydrogens (primary N) is 1. The number of non-ortho nitro benzene ring substituents is 1. The van der Waals surface area contributed by atoms with Crippen molar-refractivity contribution in [3.63, 3.8) is 0 Å². The van der Waals surface area contributed by atoms with E-state index in [0.717, 1.165) is 6.07 Å². The third-order valence-corrected chi connectivity index (χ3v) is 2.40. The van der Waals surface area contributed by atoms with E-state index < -0.39 is 23.6 Å². The highest BCUT2D eigenvalue weighted by Gasteiger charge is 2.36. The first-order valence-corrected chi connectivity index (χ1v) is 4.78. The van der Waals surface area contributed by atoms with E-state index in [0.29, 0.717) is 5.56 Å². The fourth-order valence-corrected chi connectivity index (χ4v) is 1.34. The smallest absolute Gasteiger partial charge is 0.320 e. The fourth-order valence-electron chi connectivity index (χ4n) is 1.34. The van der Waals surface area contributed by atoms with Gasteiger partial charge >= 0.3 is 6.18 Å². The number of alkyl halides is 3. The molecule has 2 N–H and O–H groups in total. The van der Waals surface area contributed by atoms with Crippen LogP contribution < -0.4 is 5.73 Å². The van der Waals surface area contributed by atoms with E-state index in [2.05, 4.69) is 0 Å². The summed E-state index contributed by atoms with van der Waals surface area (Å²) in [4.78, 5) is 9.85. The summed E-state index contributed by atoms with van der Waals surface area (Å²) in [5.41, 5.74) is 5.54. The van der Waals surface area contributed by atoms with Crippen LogP contribution in [0.5, 0.6) is 0 Å². The molecule has 7 heteroatoms. The minimum Gasteiger partial charge on any atom is -0.320 e. The summed E-state index contributed by atoms with van der Waals surface area (Å²) in [5.74, 6) is 0. The lowest BCUT2D eigenvalue weighted by Crippen LogP contribution is -2.39. The van der Waals surface area contributed by atoms with E-state index in [1.807, 2.05) is 0 Å². The monoisotopic (exact) mass is 248 g/mol. The summed E-state index contributed by atoms with van der Waals surface area (Å²) in [5, 5.41) is 10.5. The number of hydrogen-bond acceptors (Lipinski definition) is 3. The highest BCUT2D eigenvalue weighted by atomic mass is 19.4. The average Bonchev–Trinajstić information content (AvgIpc) is 2.19. The highest BCUT2D eigenvalue weighted by molar-refractivity contribution is 5.39. The molecule has 0 bridgehead atoms. The quantitative estimate of drug-likeness (QED) is 0.659. The lowest BCUT2D eigenvalue weighted by Gasteiger charge is -2.16. The van der Waals surface area contributed by atoms with Crippen molar-refractivity contribution in [1.82, 2.24) is 0 Å². The van der Waals surface area contributed by atoms with Gasteiger partial charge in [-0.3, -0.25) is 10.1 Å². The van der Waals surface area contributed by atoms with E-state index in [-0.39, 0.29) is 11.3 Å². The van der Waals surface area contributed by atoms with Gasteiger partial charge in [-0.2, -0.15) is 13.2 Å². The van der Waals surface area contributed by atoms with Crippen LogP contribution in [0.1, 0.15) is 11.1 Å². The molecule has 0 spiro atoms. The van der Waals surface area contributed by atoms with E-state index >= 15 is 0 Å². The Morgan fingerprint density at radius 1 is 1.47 bits per heavy atom. The summed E-state index contributed by atoms with van der Waals surface area (Å²) >= 11 is 0. The van der Waals surface area contributed by atoms with Crippen molar-refractivity contribution in [3.8, 4) is 0 Å². The van der Waals surface area contributed by atoms with Crippen molar-refractivity contribution in [2.24, 2.45) is 5.73 Å². The first-order chi connectivity index (χ1) is 7.71. The third kappa shape index (κ3) is 3.42. The Morgan fingerprint density at radius 3 is 2.53 bits per heavy atom. The fraction of sp³-hybridized carbons (Fsp3) is 0.400. The van der Waals surface area contributed by atoms with Crippen molar-refractivity contribution < 1.29 is 18.1 Å². The maximum absolute atomic E-state index is 12.3. The molecule has 0 aliphatic rings. The average molecular weight is 248 g/mol. The van der Waals surface area contributed by atoms with Crippen LogP contribution in [0.3, 0.4) is 0 Å². The van der Waals surface area contributed by atoms with Gasteiger partial charge in [0.1, 0.15) is 6.04 Å². The van der Waals surface area contributed by atoms with E-state index in [1.54, 1.807) is 6.92 Å². The Kier molecular flexibility index (Phi) is 3.72. The maximum Gasteiger partial charge on any atom is 0.403 e. The van der Waals surface area contributed by atoms with Gasteiger partial charge in [0.25, 0.3) is 5.69 Å². The molecule has 0 saturated carbocycles. The number of aryl methyl sites for hydroxylation is 1. The Balaban J connectivity index is 2.98. The first kappa shape index (κ1) is 13.4. The van der Waals surface area contributed by atoms with Crippen LogP contribution >= 0.6 is 0 Å². The molecular weight excluding hydrogens is 237 g/mol. The van der Waals surface area contributed by atoms with Crippen LogP contribution in [0, 0.1) is 17.0 Å². The van der Waals surface area contributed by atoms with Crippen LogP contribution in [0.15, 0.2) is 18.2 Å². The SMILES string of the molecule is Cc1ccc([N+](=O)[O-])cc1CC(N)C(F)(F)F. The van der Waals surface area contributed by atoms with Crippen LogP contribution in [-0.4, -0.2) is 17.1 Å². The Hall–Kier alpha value is -1.63. The summed E-state index contributed by atoms with van der Waals surface area (Å²) < 4.78 is 36.8.